The zero-order valence-corrected chi connectivity index (χ0v) is 35.0. The Bertz CT molecular complexity index is 1260. The lowest BCUT2D eigenvalue weighted by molar-refractivity contribution is -0.161. The highest BCUT2D eigenvalue weighted by atomic mass is 31.2. The second-order valence-electron chi connectivity index (χ2n) is 14.3. The Hall–Kier alpha value is -2.70. The van der Waals surface area contributed by atoms with E-state index in [0.29, 0.717) is 32.1 Å². The number of rotatable bonds is 34. The topological polar surface area (TPSA) is 192 Å². The molecule has 1 aliphatic carbocycles. The minimum atomic E-state index is -4.45. The van der Waals surface area contributed by atoms with Gasteiger partial charge >= 0.3 is 19.8 Å². The maximum Gasteiger partial charge on any atom is 0.472 e. The first-order chi connectivity index (χ1) is 27.0. The summed E-state index contributed by atoms with van der Waals surface area (Å²) in [5.41, 5.74) is 5.33. The number of aliphatic hydroxyl groups excluding tert-OH is 2. The first-order valence-electron chi connectivity index (χ1n) is 20.9. The summed E-state index contributed by atoms with van der Waals surface area (Å²) in [6, 6.07) is 0. The molecule has 0 amide bonds. The lowest BCUT2D eigenvalue weighted by Gasteiger charge is -2.19. The van der Waals surface area contributed by atoms with Crippen molar-refractivity contribution in [1.29, 1.82) is 0 Å². The van der Waals surface area contributed by atoms with Crippen molar-refractivity contribution in [2.45, 2.75) is 154 Å². The minimum absolute atomic E-state index is 0.00578. The second kappa shape index (κ2) is 33.3. The Labute approximate surface area is 336 Å². The largest absolute Gasteiger partial charge is 0.472 e. The number of esters is 2. The number of ketones is 1. The molecule has 0 spiro atoms. The Balaban J connectivity index is 2.47. The molecule has 0 aromatic heterocycles. The molecule has 12 nitrogen and oxygen atoms in total. The number of Topliss-reactive ketones (excluding diaryl/α,β-unsaturated/α-hetero) is 1. The van der Waals surface area contributed by atoms with E-state index in [4.69, 9.17) is 24.3 Å². The number of unbranched alkanes of at least 4 members (excludes halogenated alkanes) is 8. The lowest BCUT2D eigenvalue weighted by Crippen LogP contribution is -2.29. The summed E-state index contributed by atoms with van der Waals surface area (Å²) in [5, 5.41) is 20.6. The molecule has 5 N–H and O–H groups in total. The first-order valence-corrected chi connectivity index (χ1v) is 22.4. The fraction of sp³-hybridized carbons (Fsp3) is 0.698. The zero-order chi connectivity index (χ0) is 41.3. The van der Waals surface area contributed by atoms with E-state index in [9.17, 15) is 34.1 Å². The fourth-order valence-corrected chi connectivity index (χ4v) is 6.80. The highest BCUT2D eigenvalue weighted by Gasteiger charge is 2.39. The minimum Gasteiger partial charge on any atom is -0.462 e. The van der Waals surface area contributed by atoms with Gasteiger partial charge in [-0.25, -0.2) is 4.57 Å². The van der Waals surface area contributed by atoms with E-state index in [1.807, 2.05) is 12.2 Å². The van der Waals surface area contributed by atoms with E-state index in [1.165, 1.54) is 19.3 Å². The van der Waals surface area contributed by atoms with E-state index in [0.717, 1.165) is 51.4 Å². The van der Waals surface area contributed by atoms with Crippen molar-refractivity contribution < 1.29 is 52.6 Å². The molecule has 1 fully saturated rings. The van der Waals surface area contributed by atoms with Crippen LogP contribution in [0.3, 0.4) is 0 Å². The normalized spacial score (nSPS) is 19.9. The summed E-state index contributed by atoms with van der Waals surface area (Å²) < 4.78 is 32.6. The average Bonchev–Trinajstić information content (AvgIpc) is 3.44. The molecule has 0 aromatic rings. The number of hydrogen-bond acceptors (Lipinski definition) is 11. The molecule has 1 rings (SSSR count). The number of phosphoric acid groups is 1. The van der Waals surface area contributed by atoms with Gasteiger partial charge in [0.1, 0.15) is 12.4 Å². The summed E-state index contributed by atoms with van der Waals surface area (Å²) in [7, 11) is -4.45. The Morgan fingerprint density at radius 3 is 2.11 bits per heavy atom. The van der Waals surface area contributed by atoms with Crippen LogP contribution in [0.5, 0.6) is 0 Å². The van der Waals surface area contributed by atoms with E-state index in [2.05, 4.69) is 50.3 Å². The van der Waals surface area contributed by atoms with Crippen molar-refractivity contribution in [1.82, 2.24) is 0 Å². The molecule has 320 valence electrons. The predicted molar refractivity (Wildman–Crippen MR) is 220 cm³/mol. The molecular weight excluding hydrogens is 737 g/mol. The summed E-state index contributed by atoms with van der Waals surface area (Å²) in [4.78, 5) is 47.5. The van der Waals surface area contributed by atoms with Crippen molar-refractivity contribution in [2.75, 3.05) is 26.4 Å². The van der Waals surface area contributed by atoms with E-state index in [1.54, 1.807) is 12.2 Å². The van der Waals surface area contributed by atoms with Gasteiger partial charge in [-0.2, -0.15) is 0 Å². The first kappa shape index (κ1) is 51.3. The molecule has 1 unspecified atom stereocenters. The number of phosphoric ester groups is 1. The number of carbonyl (C=O) groups excluding carboxylic acids is 3. The molecule has 0 bridgehead atoms. The van der Waals surface area contributed by atoms with Crippen LogP contribution < -0.4 is 5.73 Å². The molecule has 0 saturated heterocycles. The zero-order valence-electron chi connectivity index (χ0n) is 34.1. The van der Waals surface area contributed by atoms with Gasteiger partial charge in [-0.05, 0) is 70.6 Å². The van der Waals surface area contributed by atoms with Crippen molar-refractivity contribution in [3.8, 4) is 0 Å². The van der Waals surface area contributed by atoms with Gasteiger partial charge in [0, 0.05) is 37.6 Å². The number of carbonyl (C=O) groups is 3. The van der Waals surface area contributed by atoms with Gasteiger partial charge in [-0.3, -0.25) is 23.4 Å². The van der Waals surface area contributed by atoms with Crippen LogP contribution in [0.2, 0.25) is 0 Å². The molecular formula is C43H72NO11P. The highest BCUT2D eigenvalue weighted by Crippen LogP contribution is 2.43. The van der Waals surface area contributed by atoms with E-state index >= 15 is 0 Å². The van der Waals surface area contributed by atoms with Crippen LogP contribution in [-0.4, -0.2) is 77.5 Å². The standard InChI is InChI=1S/C43H72NO11P/c1-3-5-7-8-9-10-11-12-13-14-15-16-17-18-24-28-43(49)55-37(35-54-56(50,51)53-32-31-44)34-52-42(48)27-23-20-19-22-26-38-39(41(47)33-40(38)46)30-29-36(45)25-21-6-4-2/h9-10,12-13,15-16,19,22,29-30,36-39,41,45,47H,3-8,11,14,17-18,20-21,23-28,31-35,44H2,1-2H3,(H,50,51)/b10-9-,13-12-,16-15-,22-19-,30-29+/t36-,37+,38+,39+,41+/m0/s1. The number of allylic oxidation sites excluding steroid dienone is 8. The van der Waals surface area contributed by atoms with Gasteiger partial charge in [0.25, 0.3) is 0 Å². The predicted octanol–water partition coefficient (Wildman–Crippen LogP) is 8.30. The summed E-state index contributed by atoms with van der Waals surface area (Å²) in [6.45, 7) is 3.22. The molecule has 0 heterocycles. The molecule has 1 saturated carbocycles. The van der Waals surface area contributed by atoms with E-state index < -0.39 is 44.7 Å². The second-order valence-corrected chi connectivity index (χ2v) is 15.7. The maximum absolute atomic E-state index is 12.6. The number of hydrogen-bond donors (Lipinski definition) is 4. The molecule has 0 aliphatic heterocycles. The van der Waals surface area contributed by atoms with Gasteiger partial charge in [-0.1, -0.05) is 107 Å². The van der Waals surface area contributed by atoms with Gasteiger partial charge in [-0.15, -0.1) is 0 Å². The van der Waals surface area contributed by atoms with Crippen LogP contribution in [0.1, 0.15) is 136 Å². The maximum atomic E-state index is 12.6. The molecule has 6 atom stereocenters. The molecule has 1 aliphatic rings. The van der Waals surface area contributed by atoms with Crippen LogP contribution in [0.25, 0.3) is 0 Å². The van der Waals surface area contributed by atoms with Gasteiger partial charge in [0.2, 0.25) is 0 Å². The Morgan fingerprint density at radius 1 is 0.821 bits per heavy atom. The quantitative estimate of drug-likeness (QED) is 0.0211. The summed E-state index contributed by atoms with van der Waals surface area (Å²) >= 11 is 0. The van der Waals surface area contributed by atoms with Gasteiger partial charge < -0.3 is 30.3 Å². The fourth-order valence-electron chi connectivity index (χ4n) is 6.03. The smallest absolute Gasteiger partial charge is 0.462 e. The highest BCUT2D eigenvalue weighted by molar-refractivity contribution is 7.47. The Kier molecular flexibility index (Phi) is 30.5. The number of ether oxygens (including phenoxy) is 2. The van der Waals surface area contributed by atoms with E-state index in [-0.39, 0.29) is 56.6 Å². The van der Waals surface area contributed by atoms with Crippen LogP contribution in [0, 0.1) is 11.8 Å². The number of aliphatic hydroxyl groups is 2. The van der Waals surface area contributed by atoms with Crippen molar-refractivity contribution in [2.24, 2.45) is 17.6 Å². The average molecular weight is 810 g/mol. The van der Waals surface area contributed by atoms with Crippen molar-refractivity contribution in [3.63, 3.8) is 0 Å². The van der Waals surface area contributed by atoms with Crippen molar-refractivity contribution >= 4 is 25.5 Å². The van der Waals surface area contributed by atoms with Crippen molar-refractivity contribution in [3.05, 3.63) is 60.8 Å². The third-order valence-corrected chi connectivity index (χ3v) is 10.2. The SMILES string of the molecule is CCCCC/C=C\C/C=C\C/C=C\CCCCC(=O)O[C@H](COC(=O)CCC/C=C\C[C@H]1C(=O)C[C@@H](O)[C@@H]1/C=C/[C@@H](O)CCCCC)COP(=O)(O)OCCN. The van der Waals surface area contributed by atoms with Crippen LogP contribution in [-0.2, 0) is 37.5 Å². The summed E-state index contributed by atoms with van der Waals surface area (Å²) in [6.07, 6.45) is 31.9. The van der Waals surface area contributed by atoms with Crippen LogP contribution in [0.15, 0.2) is 60.8 Å². The third-order valence-electron chi connectivity index (χ3n) is 9.24. The molecule has 13 heteroatoms. The monoisotopic (exact) mass is 809 g/mol. The molecule has 0 radical (unpaired) electrons. The van der Waals surface area contributed by atoms with Crippen LogP contribution in [0.4, 0.5) is 0 Å². The summed E-state index contributed by atoms with van der Waals surface area (Å²) in [5.74, 6) is -1.80. The Morgan fingerprint density at radius 2 is 1.43 bits per heavy atom. The lowest BCUT2D eigenvalue weighted by atomic mass is 9.90. The molecule has 0 aromatic carbocycles. The van der Waals surface area contributed by atoms with Crippen LogP contribution >= 0.6 is 7.82 Å². The molecule has 56 heavy (non-hydrogen) atoms. The van der Waals surface area contributed by atoms with Gasteiger partial charge in [0.05, 0.1) is 25.4 Å². The third kappa shape index (κ3) is 27.0. The number of nitrogens with two attached hydrogens (primary N) is 1. The van der Waals surface area contributed by atoms with Gasteiger partial charge in [0.15, 0.2) is 6.10 Å².